The summed E-state index contributed by atoms with van der Waals surface area (Å²) in [6.07, 6.45) is 13.6. The van der Waals surface area contributed by atoms with Gasteiger partial charge in [-0.1, -0.05) is 69.9 Å². The molecule has 0 aromatic heterocycles. The van der Waals surface area contributed by atoms with E-state index in [-0.39, 0.29) is 36.7 Å². The van der Waals surface area contributed by atoms with Crippen molar-refractivity contribution in [2.24, 2.45) is 0 Å². The van der Waals surface area contributed by atoms with Crippen molar-refractivity contribution in [3.8, 4) is 0 Å². The Labute approximate surface area is 167 Å². The largest absolute Gasteiger partial charge is 0.353 e. The van der Waals surface area contributed by atoms with E-state index in [1.54, 1.807) is 24.3 Å². The van der Waals surface area contributed by atoms with Crippen molar-refractivity contribution in [1.82, 2.24) is 10.2 Å². The Balaban J connectivity index is 1.47. The second kappa shape index (κ2) is 10.4. The lowest BCUT2D eigenvalue weighted by molar-refractivity contribution is -0.122. The van der Waals surface area contributed by atoms with E-state index in [9.17, 15) is 14.4 Å². The van der Waals surface area contributed by atoms with Crippen molar-refractivity contribution in [2.75, 3.05) is 6.54 Å². The molecule has 1 aromatic carbocycles. The summed E-state index contributed by atoms with van der Waals surface area (Å²) in [5, 5.41) is 3.16. The molecular formula is C23H32N2O3. The van der Waals surface area contributed by atoms with Gasteiger partial charge in [-0.25, -0.2) is 0 Å². The Morgan fingerprint density at radius 2 is 1.29 bits per heavy atom. The van der Waals surface area contributed by atoms with Crippen molar-refractivity contribution in [3.05, 3.63) is 35.4 Å². The fourth-order valence-electron chi connectivity index (χ4n) is 4.26. The highest BCUT2D eigenvalue weighted by Gasteiger charge is 2.35. The highest BCUT2D eigenvalue weighted by Crippen LogP contribution is 2.22. The summed E-state index contributed by atoms with van der Waals surface area (Å²) in [5.41, 5.74) is 0.874. The second-order valence-corrected chi connectivity index (χ2v) is 8.08. The van der Waals surface area contributed by atoms with Crippen LogP contribution in [0.1, 0.15) is 97.8 Å². The van der Waals surface area contributed by atoms with Gasteiger partial charge in [0, 0.05) is 19.0 Å². The van der Waals surface area contributed by atoms with Gasteiger partial charge in [0.1, 0.15) is 0 Å². The molecule has 2 aliphatic rings. The summed E-state index contributed by atoms with van der Waals surface area (Å²) < 4.78 is 0. The highest BCUT2D eigenvalue weighted by molar-refractivity contribution is 6.21. The smallest absolute Gasteiger partial charge is 0.261 e. The molecule has 28 heavy (non-hydrogen) atoms. The molecule has 5 heteroatoms. The van der Waals surface area contributed by atoms with E-state index in [0.717, 1.165) is 25.7 Å². The zero-order valence-electron chi connectivity index (χ0n) is 16.8. The van der Waals surface area contributed by atoms with E-state index in [2.05, 4.69) is 5.32 Å². The molecule has 3 amide bonds. The Morgan fingerprint density at radius 1 is 0.821 bits per heavy atom. The second-order valence-electron chi connectivity index (χ2n) is 8.08. The lowest BCUT2D eigenvalue weighted by Crippen LogP contribution is -2.38. The third kappa shape index (κ3) is 5.43. The van der Waals surface area contributed by atoms with Gasteiger partial charge in [0.25, 0.3) is 11.8 Å². The van der Waals surface area contributed by atoms with Crippen molar-refractivity contribution in [3.63, 3.8) is 0 Å². The molecule has 0 saturated heterocycles. The van der Waals surface area contributed by atoms with Crippen molar-refractivity contribution in [2.45, 2.75) is 83.1 Å². The number of rotatable bonds is 4. The minimum absolute atomic E-state index is 0.0614. The quantitative estimate of drug-likeness (QED) is 0.779. The van der Waals surface area contributed by atoms with E-state index in [1.807, 2.05) is 0 Å². The van der Waals surface area contributed by atoms with Crippen molar-refractivity contribution < 1.29 is 14.4 Å². The van der Waals surface area contributed by atoms with Gasteiger partial charge in [0.05, 0.1) is 11.1 Å². The van der Waals surface area contributed by atoms with Crippen LogP contribution in [-0.2, 0) is 4.79 Å². The van der Waals surface area contributed by atoms with Gasteiger partial charge in [-0.05, 0) is 25.0 Å². The number of hydrogen-bond donors (Lipinski definition) is 1. The Kier molecular flexibility index (Phi) is 7.63. The lowest BCUT2D eigenvalue weighted by atomic mass is 9.98. The molecule has 3 rings (SSSR count). The fourth-order valence-corrected chi connectivity index (χ4v) is 4.26. The minimum atomic E-state index is -0.292. The van der Waals surface area contributed by atoms with E-state index in [1.165, 1.54) is 49.8 Å². The van der Waals surface area contributed by atoms with Crippen molar-refractivity contribution >= 4 is 17.7 Å². The predicted octanol–water partition coefficient (Wildman–Crippen LogP) is 4.46. The maximum Gasteiger partial charge on any atom is 0.261 e. The summed E-state index contributed by atoms with van der Waals surface area (Å²) in [6, 6.07) is 7.06. The molecule has 1 aliphatic carbocycles. The number of benzene rings is 1. The van der Waals surface area contributed by atoms with Crippen LogP contribution in [0.2, 0.25) is 0 Å². The average molecular weight is 385 g/mol. The first-order chi connectivity index (χ1) is 13.7. The molecule has 1 fully saturated rings. The monoisotopic (exact) mass is 384 g/mol. The number of hydrogen-bond acceptors (Lipinski definition) is 3. The molecule has 1 heterocycles. The van der Waals surface area contributed by atoms with Gasteiger partial charge in [0.2, 0.25) is 5.91 Å². The summed E-state index contributed by atoms with van der Waals surface area (Å²) in [6.45, 7) is 0.144. The number of amides is 3. The Bertz CT molecular complexity index is 654. The molecule has 152 valence electrons. The molecule has 1 saturated carbocycles. The van der Waals surface area contributed by atoms with Crippen LogP contribution in [0.3, 0.4) is 0 Å². The van der Waals surface area contributed by atoms with E-state index in [4.69, 9.17) is 0 Å². The van der Waals surface area contributed by atoms with Crippen molar-refractivity contribution in [1.29, 1.82) is 0 Å². The SMILES string of the molecule is O=C(CCN1C(=O)c2ccccc2C1=O)NC1CCCCCCCCCCC1. The van der Waals surface area contributed by atoms with Crippen LogP contribution in [0.15, 0.2) is 24.3 Å². The molecule has 0 radical (unpaired) electrons. The van der Waals surface area contributed by atoms with Gasteiger partial charge in [-0.15, -0.1) is 0 Å². The molecule has 1 aliphatic heterocycles. The van der Waals surface area contributed by atoms with E-state index in [0.29, 0.717) is 11.1 Å². The Morgan fingerprint density at radius 3 is 1.79 bits per heavy atom. The van der Waals surface area contributed by atoms with Crippen LogP contribution < -0.4 is 5.32 Å². The predicted molar refractivity (Wildman–Crippen MR) is 109 cm³/mol. The highest BCUT2D eigenvalue weighted by atomic mass is 16.2. The van der Waals surface area contributed by atoms with Gasteiger partial charge in [-0.2, -0.15) is 0 Å². The molecule has 1 N–H and O–H groups in total. The van der Waals surface area contributed by atoms with Crippen LogP contribution in [0, 0.1) is 0 Å². The summed E-state index contributed by atoms with van der Waals surface area (Å²) >= 11 is 0. The van der Waals surface area contributed by atoms with Crippen LogP contribution in [0.25, 0.3) is 0 Å². The normalized spacial score (nSPS) is 19.6. The lowest BCUT2D eigenvalue weighted by Gasteiger charge is -2.20. The van der Waals surface area contributed by atoms with Gasteiger partial charge in [0.15, 0.2) is 0 Å². The minimum Gasteiger partial charge on any atom is -0.353 e. The number of nitrogens with one attached hydrogen (secondary N) is 1. The van der Waals surface area contributed by atoms with Gasteiger partial charge < -0.3 is 5.32 Å². The topological polar surface area (TPSA) is 66.5 Å². The van der Waals surface area contributed by atoms with Gasteiger partial charge >= 0.3 is 0 Å². The molecular weight excluding hydrogens is 352 g/mol. The summed E-state index contributed by atoms with van der Waals surface area (Å²) in [5.74, 6) is -0.646. The maximum absolute atomic E-state index is 12.5. The summed E-state index contributed by atoms with van der Waals surface area (Å²) in [7, 11) is 0. The first kappa shape index (κ1) is 20.6. The molecule has 0 unspecified atom stereocenters. The van der Waals surface area contributed by atoms with E-state index < -0.39 is 0 Å². The van der Waals surface area contributed by atoms with Crippen LogP contribution in [0.4, 0.5) is 0 Å². The number of fused-ring (bicyclic) bond motifs is 1. The molecule has 0 atom stereocenters. The van der Waals surface area contributed by atoms with Crippen LogP contribution in [0.5, 0.6) is 0 Å². The third-order valence-corrected chi connectivity index (χ3v) is 5.91. The third-order valence-electron chi connectivity index (χ3n) is 5.91. The van der Waals surface area contributed by atoms with E-state index >= 15 is 0 Å². The average Bonchev–Trinajstić information content (AvgIpc) is 2.93. The zero-order chi connectivity index (χ0) is 19.8. The summed E-state index contributed by atoms with van der Waals surface area (Å²) in [4.78, 5) is 38.5. The molecule has 0 spiro atoms. The fraction of sp³-hybridized carbons (Fsp3) is 0.609. The standard InChI is InChI=1S/C23H32N2O3/c26-21(24-18-12-8-6-4-2-1-3-5-7-9-13-18)16-17-25-22(27)19-14-10-11-15-20(19)23(25)28/h10-11,14-15,18H,1-9,12-13,16-17H2,(H,24,26). The number of carbonyl (C=O) groups is 3. The number of carbonyl (C=O) groups excluding carboxylic acids is 3. The van der Waals surface area contributed by atoms with Gasteiger partial charge in [-0.3, -0.25) is 19.3 Å². The molecule has 5 nitrogen and oxygen atoms in total. The van der Waals surface area contributed by atoms with Crippen LogP contribution >= 0.6 is 0 Å². The van der Waals surface area contributed by atoms with Crippen LogP contribution in [-0.4, -0.2) is 35.2 Å². The zero-order valence-corrected chi connectivity index (χ0v) is 16.8. The number of imide groups is 1. The molecule has 0 bridgehead atoms. The number of nitrogens with zero attached hydrogens (tertiary/aromatic N) is 1. The molecule has 1 aromatic rings. The maximum atomic E-state index is 12.5. The Hall–Kier alpha value is -2.17. The first-order valence-corrected chi connectivity index (χ1v) is 10.9. The first-order valence-electron chi connectivity index (χ1n) is 10.9.